The van der Waals surface area contributed by atoms with E-state index in [0.29, 0.717) is 18.0 Å². The van der Waals surface area contributed by atoms with Crippen molar-refractivity contribution in [1.29, 1.82) is 0 Å². The standard InChI is InChI=1S/C14H14N2O2/c15-14-10(5-3-7-16-14)13(17)11-8-18-12-6-2-1-4-9(11)12/h1-7,11,13,17H,8H2,(H2,15,16). The number of hydrogen-bond donors (Lipinski definition) is 2. The fourth-order valence-corrected chi connectivity index (χ4v) is 2.35. The van der Waals surface area contributed by atoms with E-state index in [0.717, 1.165) is 11.3 Å². The summed E-state index contributed by atoms with van der Waals surface area (Å²) in [4.78, 5) is 4.00. The molecule has 0 saturated heterocycles. The van der Waals surface area contributed by atoms with Gasteiger partial charge in [0.1, 0.15) is 11.6 Å². The number of pyridine rings is 1. The van der Waals surface area contributed by atoms with Crippen LogP contribution in [0.4, 0.5) is 5.82 Å². The number of nitrogens with two attached hydrogens (primary N) is 1. The van der Waals surface area contributed by atoms with Crippen LogP contribution in [0.15, 0.2) is 42.6 Å². The van der Waals surface area contributed by atoms with Crippen LogP contribution in [-0.4, -0.2) is 16.7 Å². The highest BCUT2D eigenvalue weighted by atomic mass is 16.5. The molecule has 1 aliphatic rings. The van der Waals surface area contributed by atoms with Gasteiger partial charge in [0.15, 0.2) is 0 Å². The highest BCUT2D eigenvalue weighted by molar-refractivity contribution is 5.46. The molecule has 2 atom stereocenters. The maximum absolute atomic E-state index is 10.4. The normalized spacial score (nSPS) is 19.1. The van der Waals surface area contributed by atoms with Crippen molar-refractivity contribution in [2.75, 3.05) is 12.3 Å². The molecular formula is C14H14N2O2. The minimum atomic E-state index is -0.692. The lowest BCUT2D eigenvalue weighted by atomic mass is 9.91. The molecule has 4 nitrogen and oxygen atoms in total. The molecule has 0 radical (unpaired) electrons. The minimum absolute atomic E-state index is 0.0901. The van der Waals surface area contributed by atoms with Crippen molar-refractivity contribution in [3.8, 4) is 5.75 Å². The second kappa shape index (κ2) is 4.31. The van der Waals surface area contributed by atoms with Gasteiger partial charge in [0.25, 0.3) is 0 Å². The Bertz CT molecular complexity index is 571. The van der Waals surface area contributed by atoms with Gasteiger partial charge < -0.3 is 15.6 Å². The Kier molecular flexibility index (Phi) is 2.64. The number of para-hydroxylation sites is 1. The van der Waals surface area contributed by atoms with E-state index in [-0.39, 0.29) is 5.92 Å². The first-order chi connectivity index (χ1) is 8.77. The number of nitrogen functional groups attached to an aromatic ring is 1. The van der Waals surface area contributed by atoms with Crippen molar-refractivity contribution in [3.63, 3.8) is 0 Å². The quantitative estimate of drug-likeness (QED) is 0.843. The van der Waals surface area contributed by atoms with Gasteiger partial charge in [-0.25, -0.2) is 4.98 Å². The largest absolute Gasteiger partial charge is 0.493 e. The molecule has 3 rings (SSSR count). The molecule has 0 saturated carbocycles. The van der Waals surface area contributed by atoms with Gasteiger partial charge in [0.05, 0.1) is 18.6 Å². The number of hydrogen-bond acceptors (Lipinski definition) is 4. The van der Waals surface area contributed by atoms with Crippen LogP contribution in [0.2, 0.25) is 0 Å². The van der Waals surface area contributed by atoms with Gasteiger partial charge in [-0.15, -0.1) is 0 Å². The first kappa shape index (κ1) is 11.0. The molecule has 4 heteroatoms. The zero-order valence-electron chi connectivity index (χ0n) is 9.78. The molecule has 2 heterocycles. The van der Waals surface area contributed by atoms with Crippen molar-refractivity contribution in [2.45, 2.75) is 12.0 Å². The number of nitrogens with zero attached hydrogens (tertiary/aromatic N) is 1. The third-order valence-electron chi connectivity index (χ3n) is 3.31. The lowest BCUT2D eigenvalue weighted by Gasteiger charge is -2.18. The maximum Gasteiger partial charge on any atom is 0.129 e. The average Bonchev–Trinajstić information content (AvgIpc) is 2.82. The maximum atomic E-state index is 10.4. The van der Waals surface area contributed by atoms with Crippen molar-refractivity contribution >= 4 is 5.82 Å². The summed E-state index contributed by atoms with van der Waals surface area (Å²) in [7, 11) is 0. The molecule has 1 aromatic carbocycles. The second-order valence-corrected chi connectivity index (χ2v) is 4.38. The van der Waals surface area contributed by atoms with Crippen LogP contribution in [0.25, 0.3) is 0 Å². The zero-order valence-corrected chi connectivity index (χ0v) is 9.78. The molecule has 1 aromatic heterocycles. The Labute approximate surface area is 105 Å². The van der Waals surface area contributed by atoms with Crippen LogP contribution in [-0.2, 0) is 0 Å². The van der Waals surface area contributed by atoms with Crippen LogP contribution in [0.5, 0.6) is 5.75 Å². The number of rotatable bonds is 2. The average molecular weight is 242 g/mol. The van der Waals surface area contributed by atoms with E-state index in [1.54, 1.807) is 18.3 Å². The minimum Gasteiger partial charge on any atom is -0.493 e. The smallest absolute Gasteiger partial charge is 0.129 e. The lowest BCUT2D eigenvalue weighted by Crippen LogP contribution is -2.14. The van der Waals surface area contributed by atoms with Crippen molar-refractivity contribution in [1.82, 2.24) is 4.98 Å². The highest BCUT2D eigenvalue weighted by Crippen LogP contribution is 2.41. The summed E-state index contributed by atoms with van der Waals surface area (Å²) in [5.74, 6) is 1.12. The predicted octanol–water partition coefficient (Wildman–Crippen LogP) is 1.87. The molecule has 0 bridgehead atoms. The van der Waals surface area contributed by atoms with Gasteiger partial charge in [0, 0.05) is 17.3 Å². The van der Waals surface area contributed by atoms with Gasteiger partial charge in [-0.3, -0.25) is 0 Å². The Morgan fingerprint density at radius 1 is 1.28 bits per heavy atom. The zero-order chi connectivity index (χ0) is 12.5. The van der Waals surface area contributed by atoms with Gasteiger partial charge in [0.2, 0.25) is 0 Å². The molecule has 0 fully saturated rings. The van der Waals surface area contributed by atoms with E-state index in [2.05, 4.69) is 4.98 Å². The first-order valence-electron chi connectivity index (χ1n) is 5.87. The Morgan fingerprint density at radius 2 is 2.11 bits per heavy atom. The summed E-state index contributed by atoms with van der Waals surface area (Å²) in [6, 6.07) is 11.3. The number of aromatic nitrogens is 1. The highest BCUT2D eigenvalue weighted by Gasteiger charge is 2.31. The van der Waals surface area contributed by atoms with E-state index in [1.165, 1.54) is 0 Å². The third kappa shape index (κ3) is 1.71. The van der Waals surface area contributed by atoms with E-state index in [9.17, 15) is 5.11 Å². The molecule has 92 valence electrons. The molecule has 2 unspecified atom stereocenters. The van der Waals surface area contributed by atoms with Crippen molar-refractivity contribution in [3.05, 3.63) is 53.7 Å². The van der Waals surface area contributed by atoms with E-state index < -0.39 is 6.10 Å². The molecule has 2 aromatic rings. The Balaban J connectivity index is 1.96. The van der Waals surface area contributed by atoms with Crippen LogP contribution in [0, 0.1) is 0 Å². The predicted molar refractivity (Wildman–Crippen MR) is 68.3 cm³/mol. The SMILES string of the molecule is Nc1ncccc1C(O)C1COc2ccccc21. The van der Waals surface area contributed by atoms with Crippen LogP contribution < -0.4 is 10.5 Å². The topological polar surface area (TPSA) is 68.4 Å². The third-order valence-corrected chi connectivity index (χ3v) is 3.31. The second-order valence-electron chi connectivity index (χ2n) is 4.38. The fraction of sp³-hybridized carbons (Fsp3) is 0.214. The van der Waals surface area contributed by atoms with E-state index in [4.69, 9.17) is 10.5 Å². The van der Waals surface area contributed by atoms with E-state index >= 15 is 0 Å². The molecule has 0 aliphatic carbocycles. The van der Waals surface area contributed by atoms with Crippen molar-refractivity contribution < 1.29 is 9.84 Å². The van der Waals surface area contributed by atoms with Crippen molar-refractivity contribution in [2.24, 2.45) is 0 Å². The molecular weight excluding hydrogens is 228 g/mol. The summed E-state index contributed by atoms with van der Waals surface area (Å²) in [5.41, 5.74) is 7.47. The molecule has 1 aliphatic heterocycles. The van der Waals surface area contributed by atoms with Crippen LogP contribution in [0.1, 0.15) is 23.1 Å². The first-order valence-corrected chi connectivity index (χ1v) is 5.87. The number of aliphatic hydroxyl groups is 1. The number of fused-ring (bicyclic) bond motifs is 1. The molecule has 0 amide bonds. The summed E-state index contributed by atoms with van der Waals surface area (Å²) >= 11 is 0. The van der Waals surface area contributed by atoms with Gasteiger partial charge >= 0.3 is 0 Å². The Hall–Kier alpha value is -2.07. The summed E-state index contributed by atoms with van der Waals surface area (Å²) in [6.07, 6.45) is 0.923. The molecule has 0 spiro atoms. The summed E-state index contributed by atoms with van der Waals surface area (Å²) in [5, 5.41) is 10.4. The van der Waals surface area contributed by atoms with Crippen LogP contribution >= 0.6 is 0 Å². The van der Waals surface area contributed by atoms with Gasteiger partial charge in [-0.1, -0.05) is 24.3 Å². The number of anilines is 1. The number of ether oxygens (including phenoxy) is 1. The number of benzene rings is 1. The lowest BCUT2D eigenvalue weighted by molar-refractivity contribution is 0.130. The number of aliphatic hydroxyl groups excluding tert-OH is 1. The monoisotopic (exact) mass is 242 g/mol. The Morgan fingerprint density at radius 3 is 2.94 bits per heavy atom. The summed E-state index contributed by atoms with van der Waals surface area (Å²) in [6.45, 7) is 0.467. The molecule has 18 heavy (non-hydrogen) atoms. The summed E-state index contributed by atoms with van der Waals surface area (Å²) < 4.78 is 5.57. The van der Waals surface area contributed by atoms with E-state index in [1.807, 2.05) is 24.3 Å². The van der Waals surface area contributed by atoms with Crippen LogP contribution in [0.3, 0.4) is 0 Å². The van der Waals surface area contributed by atoms with Gasteiger partial charge in [-0.05, 0) is 12.1 Å². The fourth-order valence-electron chi connectivity index (χ4n) is 2.35. The van der Waals surface area contributed by atoms with Gasteiger partial charge in [-0.2, -0.15) is 0 Å². The molecule has 3 N–H and O–H groups in total.